The fraction of sp³-hybridized carbons (Fsp3) is 0.571. The summed E-state index contributed by atoms with van der Waals surface area (Å²) in [5.41, 5.74) is 5.80. The summed E-state index contributed by atoms with van der Waals surface area (Å²) >= 11 is 5.78. The second-order valence-corrected chi connectivity index (χ2v) is 7.84. The van der Waals surface area contributed by atoms with E-state index in [0.717, 1.165) is 25.3 Å². The van der Waals surface area contributed by atoms with Crippen molar-refractivity contribution in [3.63, 3.8) is 0 Å². The standard InChI is InChI=1S/C14H20ClFN2O2S/c1-10-3-2-5-18(6-4-10)21(19,20)12-7-11(9-17)14(15)13(16)8-12/h7-8,10H,2-6,9,17H2,1H3. The largest absolute Gasteiger partial charge is 0.326 e. The molecule has 1 aromatic carbocycles. The maximum atomic E-state index is 13.8. The van der Waals surface area contributed by atoms with Crippen LogP contribution < -0.4 is 5.73 Å². The molecule has 1 heterocycles. The van der Waals surface area contributed by atoms with Crippen LogP contribution in [0, 0.1) is 11.7 Å². The minimum absolute atomic E-state index is 0.00382. The molecule has 118 valence electrons. The molecular formula is C14H20ClFN2O2S. The number of hydrogen-bond acceptors (Lipinski definition) is 3. The van der Waals surface area contributed by atoms with Crippen LogP contribution in [0.3, 0.4) is 0 Å². The van der Waals surface area contributed by atoms with Gasteiger partial charge < -0.3 is 5.73 Å². The molecule has 2 rings (SSSR count). The molecule has 1 unspecified atom stereocenters. The normalized spacial score (nSPS) is 21.2. The molecule has 0 spiro atoms. The first-order valence-corrected chi connectivity index (χ1v) is 8.86. The summed E-state index contributed by atoms with van der Waals surface area (Å²) < 4.78 is 40.5. The lowest BCUT2D eigenvalue weighted by Gasteiger charge is -2.20. The van der Waals surface area contributed by atoms with Gasteiger partial charge in [0.1, 0.15) is 5.82 Å². The Morgan fingerprint density at radius 3 is 2.76 bits per heavy atom. The highest BCUT2D eigenvalue weighted by Gasteiger charge is 2.28. The van der Waals surface area contributed by atoms with Gasteiger partial charge in [-0.2, -0.15) is 4.31 Å². The molecule has 1 aliphatic rings. The Morgan fingerprint density at radius 2 is 2.10 bits per heavy atom. The number of sulfonamides is 1. The minimum atomic E-state index is -3.70. The smallest absolute Gasteiger partial charge is 0.243 e. The third-order valence-electron chi connectivity index (χ3n) is 3.91. The third-order valence-corrected chi connectivity index (χ3v) is 6.21. The molecule has 0 aromatic heterocycles. The number of nitrogens with zero attached hydrogens (tertiary/aromatic N) is 1. The van der Waals surface area contributed by atoms with Crippen LogP contribution in [-0.2, 0) is 16.6 Å². The maximum absolute atomic E-state index is 13.8. The van der Waals surface area contributed by atoms with E-state index in [-0.39, 0.29) is 16.5 Å². The number of halogens is 2. The SMILES string of the molecule is CC1CCCN(S(=O)(=O)c2cc(F)c(Cl)c(CN)c2)CC1. The summed E-state index contributed by atoms with van der Waals surface area (Å²) in [6.07, 6.45) is 2.65. The molecule has 7 heteroatoms. The summed E-state index contributed by atoms with van der Waals surface area (Å²) in [5, 5.41) is -0.110. The van der Waals surface area contributed by atoms with Crippen LogP contribution in [0.15, 0.2) is 17.0 Å². The van der Waals surface area contributed by atoms with Gasteiger partial charge in [-0.25, -0.2) is 12.8 Å². The number of nitrogens with two attached hydrogens (primary N) is 1. The topological polar surface area (TPSA) is 63.4 Å². The highest BCUT2D eigenvalue weighted by Crippen LogP contribution is 2.28. The number of hydrogen-bond donors (Lipinski definition) is 1. The Morgan fingerprint density at radius 1 is 1.38 bits per heavy atom. The predicted molar refractivity (Wildman–Crippen MR) is 81.1 cm³/mol. The monoisotopic (exact) mass is 334 g/mol. The van der Waals surface area contributed by atoms with Crippen molar-refractivity contribution in [1.29, 1.82) is 0 Å². The van der Waals surface area contributed by atoms with Gasteiger partial charge in [-0.05, 0) is 42.9 Å². The molecule has 2 N–H and O–H groups in total. The maximum Gasteiger partial charge on any atom is 0.243 e. The second kappa shape index (κ2) is 6.60. The Bertz CT molecular complexity index is 622. The van der Waals surface area contributed by atoms with Crippen molar-refractivity contribution in [2.75, 3.05) is 13.1 Å². The van der Waals surface area contributed by atoms with Crippen LogP contribution in [0.1, 0.15) is 31.7 Å². The van der Waals surface area contributed by atoms with E-state index in [1.54, 1.807) is 0 Å². The summed E-state index contributed by atoms with van der Waals surface area (Å²) in [6, 6.07) is 2.35. The predicted octanol–water partition coefficient (Wildman–Crippen LogP) is 2.75. The highest BCUT2D eigenvalue weighted by molar-refractivity contribution is 7.89. The Labute approximate surface area is 130 Å². The molecule has 0 saturated carbocycles. The molecule has 0 amide bonds. The van der Waals surface area contributed by atoms with E-state index < -0.39 is 15.8 Å². The third kappa shape index (κ3) is 3.56. The van der Waals surface area contributed by atoms with Crippen LogP contribution in [0.5, 0.6) is 0 Å². The first-order chi connectivity index (χ1) is 9.86. The molecular weight excluding hydrogens is 315 g/mol. The fourth-order valence-electron chi connectivity index (χ4n) is 2.54. The quantitative estimate of drug-likeness (QED) is 0.924. The van der Waals surface area contributed by atoms with Crippen LogP contribution >= 0.6 is 11.6 Å². The van der Waals surface area contributed by atoms with Crippen LogP contribution in [0.4, 0.5) is 4.39 Å². The minimum Gasteiger partial charge on any atom is -0.326 e. The zero-order chi connectivity index (χ0) is 15.6. The van der Waals surface area contributed by atoms with Crippen molar-refractivity contribution in [3.8, 4) is 0 Å². The van der Waals surface area contributed by atoms with Crippen LogP contribution in [0.25, 0.3) is 0 Å². The zero-order valence-electron chi connectivity index (χ0n) is 12.0. The van der Waals surface area contributed by atoms with Gasteiger partial charge in [0, 0.05) is 19.6 Å². The van der Waals surface area contributed by atoms with Crippen LogP contribution in [0.2, 0.25) is 5.02 Å². The summed E-state index contributed by atoms with van der Waals surface area (Å²) in [6.45, 7) is 3.04. The van der Waals surface area contributed by atoms with Crippen molar-refractivity contribution >= 4 is 21.6 Å². The number of benzene rings is 1. The highest BCUT2D eigenvalue weighted by atomic mass is 35.5. The van der Waals surface area contributed by atoms with Crippen molar-refractivity contribution < 1.29 is 12.8 Å². The van der Waals surface area contributed by atoms with E-state index in [1.807, 2.05) is 0 Å². The molecule has 0 radical (unpaired) electrons. The van der Waals surface area contributed by atoms with Crippen molar-refractivity contribution in [2.45, 2.75) is 37.6 Å². The van der Waals surface area contributed by atoms with Gasteiger partial charge in [0.15, 0.2) is 0 Å². The van der Waals surface area contributed by atoms with E-state index in [9.17, 15) is 12.8 Å². The lowest BCUT2D eigenvalue weighted by atomic mass is 10.0. The first kappa shape index (κ1) is 16.7. The van der Waals surface area contributed by atoms with Gasteiger partial charge in [0.25, 0.3) is 0 Å². The lowest BCUT2D eigenvalue weighted by Crippen LogP contribution is -2.32. The fourth-order valence-corrected chi connectivity index (χ4v) is 4.29. The zero-order valence-corrected chi connectivity index (χ0v) is 13.6. The van der Waals surface area contributed by atoms with Crippen LogP contribution in [-0.4, -0.2) is 25.8 Å². The molecule has 1 saturated heterocycles. The Balaban J connectivity index is 2.37. The van der Waals surface area contributed by atoms with Gasteiger partial charge >= 0.3 is 0 Å². The average molecular weight is 335 g/mol. The summed E-state index contributed by atoms with van der Waals surface area (Å²) in [5.74, 6) is -0.242. The first-order valence-electron chi connectivity index (χ1n) is 7.04. The summed E-state index contributed by atoms with van der Waals surface area (Å²) in [4.78, 5) is -0.0700. The molecule has 0 bridgehead atoms. The van der Waals surface area contributed by atoms with E-state index in [0.29, 0.717) is 24.6 Å². The second-order valence-electron chi connectivity index (χ2n) is 5.52. The molecule has 1 fully saturated rings. The summed E-state index contributed by atoms with van der Waals surface area (Å²) in [7, 11) is -3.70. The molecule has 21 heavy (non-hydrogen) atoms. The molecule has 1 aromatic rings. The Hall–Kier alpha value is -0.690. The molecule has 1 aliphatic heterocycles. The van der Waals surface area contributed by atoms with E-state index >= 15 is 0 Å². The van der Waals surface area contributed by atoms with Gasteiger partial charge in [-0.3, -0.25) is 0 Å². The van der Waals surface area contributed by atoms with E-state index in [2.05, 4.69) is 6.92 Å². The van der Waals surface area contributed by atoms with Crippen molar-refractivity contribution in [3.05, 3.63) is 28.5 Å². The number of rotatable bonds is 3. The lowest BCUT2D eigenvalue weighted by molar-refractivity contribution is 0.416. The average Bonchev–Trinajstić information content (AvgIpc) is 2.66. The van der Waals surface area contributed by atoms with Gasteiger partial charge in [-0.1, -0.05) is 18.5 Å². The molecule has 0 aliphatic carbocycles. The van der Waals surface area contributed by atoms with E-state index in [1.165, 1.54) is 10.4 Å². The van der Waals surface area contributed by atoms with Crippen molar-refractivity contribution in [1.82, 2.24) is 4.31 Å². The van der Waals surface area contributed by atoms with Gasteiger partial charge in [0.2, 0.25) is 10.0 Å². The van der Waals surface area contributed by atoms with E-state index in [4.69, 9.17) is 17.3 Å². The van der Waals surface area contributed by atoms with Gasteiger partial charge in [-0.15, -0.1) is 0 Å². The Kier molecular flexibility index (Phi) is 5.24. The van der Waals surface area contributed by atoms with Crippen molar-refractivity contribution in [2.24, 2.45) is 11.7 Å². The molecule has 4 nitrogen and oxygen atoms in total. The van der Waals surface area contributed by atoms with Gasteiger partial charge in [0.05, 0.1) is 9.92 Å². The molecule has 1 atom stereocenters.